The van der Waals surface area contributed by atoms with Crippen LogP contribution >= 0.6 is 31.9 Å². The summed E-state index contributed by atoms with van der Waals surface area (Å²) in [5, 5.41) is 0. The number of hydrogen-bond donors (Lipinski definition) is 0. The van der Waals surface area contributed by atoms with E-state index in [2.05, 4.69) is 31.9 Å². The van der Waals surface area contributed by atoms with Gasteiger partial charge in [-0.1, -0.05) is 0 Å². The van der Waals surface area contributed by atoms with Gasteiger partial charge in [0, 0.05) is 8.95 Å². The smallest absolute Gasteiger partial charge is 0.163 e. The van der Waals surface area contributed by atoms with Gasteiger partial charge in [-0.25, -0.2) is 0 Å². The highest BCUT2D eigenvalue weighted by atomic mass is 79.9. The molecule has 0 bridgehead atoms. The van der Waals surface area contributed by atoms with Crippen molar-refractivity contribution in [1.82, 2.24) is 0 Å². The first kappa shape index (κ1) is 11.7. The molecule has 0 amide bonds. The lowest BCUT2D eigenvalue weighted by atomic mass is 10.1. The highest BCUT2D eigenvalue weighted by Gasteiger charge is 2.11. The summed E-state index contributed by atoms with van der Waals surface area (Å²) in [7, 11) is 0. The van der Waals surface area contributed by atoms with Gasteiger partial charge in [0.05, 0.1) is 12.2 Å². The van der Waals surface area contributed by atoms with E-state index in [0.717, 1.165) is 8.95 Å². The van der Waals surface area contributed by atoms with E-state index in [1.165, 1.54) is 6.92 Å². The lowest BCUT2D eigenvalue weighted by molar-refractivity contribution is 0.101. The summed E-state index contributed by atoms with van der Waals surface area (Å²) in [6.07, 6.45) is 0. The molecular weight excluding hydrogens is 312 g/mol. The minimum absolute atomic E-state index is 0.00153. The van der Waals surface area contributed by atoms with E-state index in [9.17, 15) is 4.79 Å². The number of benzene rings is 1. The number of hydrogen-bond acceptors (Lipinski definition) is 2. The Morgan fingerprint density at radius 1 is 1.36 bits per heavy atom. The third-order valence-corrected chi connectivity index (χ3v) is 3.55. The van der Waals surface area contributed by atoms with Crippen molar-refractivity contribution in [3.8, 4) is 5.75 Å². The van der Waals surface area contributed by atoms with Gasteiger partial charge in [0.15, 0.2) is 5.78 Å². The zero-order valence-electron chi connectivity index (χ0n) is 7.93. The van der Waals surface area contributed by atoms with E-state index < -0.39 is 0 Å². The molecule has 76 valence electrons. The molecule has 0 saturated heterocycles. The molecular formula is C10H10Br2O2. The molecule has 0 atom stereocenters. The summed E-state index contributed by atoms with van der Waals surface area (Å²) in [5.74, 6) is 0.622. The lowest BCUT2D eigenvalue weighted by Gasteiger charge is -2.09. The van der Waals surface area contributed by atoms with Crippen LogP contribution in [-0.2, 0) is 0 Å². The Hall–Kier alpha value is -0.350. The molecule has 1 rings (SSSR count). The Bertz CT molecular complexity index is 361. The molecule has 0 aliphatic carbocycles. The molecule has 0 saturated carbocycles. The van der Waals surface area contributed by atoms with Crippen molar-refractivity contribution in [3.05, 3.63) is 26.6 Å². The topological polar surface area (TPSA) is 26.3 Å². The van der Waals surface area contributed by atoms with Crippen LogP contribution in [0, 0.1) is 0 Å². The van der Waals surface area contributed by atoms with E-state index in [1.807, 2.05) is 6.92 Å². The minimum Gasteiger partial charge on any atom is -0.493 e. The first-order valence-corrected chi connectivity index (χ1v) is 5.77. The predicted octanol–water partition coefficient (Wildman–Crippen LogP) is 3.81. The van der Waals surface area contributed by atoms with Crippen LogP contribution in [0.2, 0.25) is 0 Å². The quantitative estimate of drug-likeness (QED) is 0.791. The molecule has 4 heteroatoms. The maximum absolute atomic E-state index is 11.3. The van der Waals surface area contributed by atoms with Crippen molar-refractivity contribution in [3.63, 3.8) is 0 Å². The highest BCUT2D eigenvalue weighted by molar-refractivity contribution is 9.13. The molecule has 0 heterocycles. The molecule has 0 fully saturated rings. The van der Waals surface area contributed by atoms with E-state index >= 15 is 0 Å². The van der Waals surface area contributed by atoms with Crippen LogP contribution in [0.1, 0.15) is 24.2 Å². The van der Waals surface area contributed by atoms with Crippen LogP contribution in [0.4, 0.5) is 0 Å². The first-order chi connectivity index (χ1) is 6.56. The molecule has 14 heavy (non-hydrogen) atoms. The van der Waals surface area contributed by atoms with Gasteiger partial charge in [0.1, 0.15) is 5.75 Å². The molecule has 0 spiro atoms. The largest absolute Gasteiger partial charge is 0.493 e. The molecule has 1 aromatic rings. The van der Waals surface area contributed by atoms with Crippen molar-refractivity contribution >= 4 is 37.6 Å². The van der Waals surface area contributed by atoms with Crippen LogP contribution in [0.25, 0.3) is 0 Å². The van der Waals surface area contributed by atoms with Crippen LogP contribution in [0.15, 0.2) is 21.1 Å². The Labute approximate surface area is 99.9 Å². The van der Waals surface area contributed by atoms with Gasteiger partial charge in [-0.05, 0) is 57.8 Å². The zero-order chi connectivity index (χ0) is 10.7. The number of rotatable bonds is 3. The monoisotopic (exact) mass is 320 g/mol. The van der Waals surface area contributed by atoms with Gasteiger partial charge in [-0.15, -0.1) is 0 Å². The fraction of sp³-hybridized carbons (Fsp3) is 0.300. The van der Waals surface area contributed by atoms with Gasteiger partial charge in [0.2, 0.25) is 0 Å². The Morgan fingerprint density at radius 3 is 2.43 bits per heavy atom. The second kappa shape index (κ2) is 4.94. The predicted molar refractivity (Wildman–Crippen MR) is 63.0 cm³/mol. The second-order valence-electron chi connectivity index (χ2n) is 2.75. The maximum Gasteiger partial charge on any atom is 0.163 e. The average molecular weight is 322 g/mol. The van der Waals surface area contributed by atoms with Crippen molar-refractivity contribution < 1.29 is 9.53 Å². The number of ether oxygens (including phenoxy) is 1. The number of carbonyl (C=O) groups is 1. The summed E-state index contributed by atoms with van der Waals surface area (Å²) >= 11 is 6.71. The van der Waals surface area contributed by atoms with Crippen molar-refractivity contribution in [2.24, 2.45) is 0 Å². The third kappa shape index (κ3) is 2.58. The lowest BCUT2D eigenvalue weighted by Crippen LogP contribution is -2.00. The Morgan fingerprint density at radius 2 is 1.93 bits per heavy atom. The van der Waals surface area contributed by atoms with Crippen LogP contribution < -0.4 is 4.74 Å². The van der Waals surface area contributed by atoms with Crippen molar-refractivity contribution in [2.45, 2.75) is 13.8 Å². The van der Waals surface area contributed by atoms with E-state index in [-0.39, 0.29) is 5.78 Å². The molecule has 0 radical (unpaired) electrons. The second-order valence-corrected chi connectivity index (χ2v) is 4.46. The molecule has 0 aliphatic rings. The van der Waals surface area contributed by atoms with E-state index in [4.69, 9.17) is 4.74 Å². The Balaban J connectivity index is 3.24. The van der Waals surface area contributed by atoms with E-state index in [1.54, 1.807) is 12.1 Å². The van der Waals surface area contributed by atoms with Crippen LogP contribution in [0.5, 0.6) is 5.75 Å². The molecule has 0 aromatic heterocycles. The minimum atomic E-state index is 0.00153. The summed E-state index contributed by atoms with van der Waals surface area (Å²) in [6.45, 7) is 3.96. The fourth-order valence-electron chi connectivity index (χ4n) is 1.08. The normalized spacial score (nSPS) is 10.0. The number of carbonyl (C=O) groups excluding carboxylic acids is 1. The van der Waals surface area contributed by atoms with Gasteiger partial charge in [-0.3, -0.25) is 4.79 Å². The van der Waals surface area contributed by atoms with Gasteiger partial charge >= 0.3 is 0 Å². The summed E-state index contributed by atoms with van der Waals surface area (Å²) < 4.78 is 7.10. The number of ketones is 1. The fourth-order valence-corrected chi connectivity index (χ4v) is 1.74. The molecule has 2 nitrogen and oxygen atoms in total. The van der Waals surface area contributed by atoms with Gasteiger partial charge in [0.25, 0.3) is 0 Å². The van der Waals surface area contributed by atoms with Crippen LogP contribution in [-0.4, -0.2) is 12.4 Å². The summed E-state index contributed by atoms with van der Waals surface area (Å²) in [6, 6.07) is 3.56. The SMILES string of the molecule is CCOc1cc(Br)c(Br)cc1C(C)=O. The standard InChI is InChI=1S/C10H10Br2O2/c1-3-14-10-5-9(12)8(11)4-7(10)6(2)13/h4-5H,3H2,1-2H3. The molecule has 1 aromatic carbocycles. The van der Waals surface area contributed by atoms with Crippen molar-refractivity contribution in [2.75, 3.05) is 6.61 Å². The average Bonchev–Trinajstić information content (AvgIpc) is 2.11. The first-order valence-electron chi connectivity index (χ1n) is 4.19. The third-order valence-electron chi connectivity index (χ3n) is 1.70. The van der Waals surface area contributed by atoms with E-state index in [0.29, 0.717) is 17.9 Å². The highest BCUT2D eigenvalue weighted by Crippen LogP contribution is 2.31. The van der Waals surface area contributed by atoms with Gasteiger partial charge in [-0.2, -0.15) is 0 Å². The number of Topliss-reactive ketones (excluding diaryl/α,β-unsaturated/α-hetero) is 1. The number of halogens is 2. The van der Waals surface area contributed by atoms with Crippen molar-refractivity contribution in [1.29, 1.82) is 0 Å². The zero-order valence-corrected chi connectivity index (χ0v) is 11.1. The van der Waals surface area contributed by atoms with Gasteiger partial charge < -0.3 is 4.74 Å². The Kier molecular flexibility index (Phi) is 4.13. The summed E-state index contributed by atoms with van der Waals surface area (Å²) in [5.41, 5.74) is 0.599. The molecule has 0 aliphatic heterocycles. The summed E-state index contributed by atoms with van der Waals surface area (Å²) in [4.78, 5) is 11.3. The maximum atomic E-state index is 11.3. The van der Waals surface area contributed by atoms with Crippen LogP contribution in [0.3, 0.4) is 0 Å². The molecule has 0 unspecified atom stereocenters. The molecule has 0 N–H and O–H groups in total.